The Morgan fingerprint density at radius 3 is 2.44 bits per heavy atom. The highest BCUT2D eigenvalue weighted by atomic mass is 19.1. The van der Waals surface area contributed by atoms with E-state index in [0.29, 0.717) is 18.8 Å². The number of hydrogen-bond acceptors (Lipinski definition) is 3. The van der Waals surface area contributed by atoms with Gasteiger partial charge in [0.15, 0.2) is 0 Å². The summed E-state index contributed by atoms with van der Waals surface area (Å²) in [5.74, 6) is -0.310. The van der Waals surface area contributed by atoms with Crippen molar-refractivity contribution in [1.29, 1.82) is 0 Å². The number of benzene rings is 1. The van der Waals surface area contributed by atoms with Crippen LogP contribution in [0.5, 0.6) is 0 Å². The quantitative estimate of drug-likeness (QED) is 0.847. The van der Waals surface area contributed by atoms with Crippen LogP contribution in [0.15, 0.2) is 24.3 Å². The van der Waals surface area contributed by atoms with E-state index < -0.39 is 0 Å². The second-order valence-electron chi connectivity index (χ2n) is 7.11. The molecule has 1 aromatic carbocycles. The number of carbonyl (C=O) groups is 1. The molecule has 1 saturated heterocycles. The number of morpholine rings is 1. The van der Waals surface area contributed by atoms with Crippen molar-refractivity contribution in [2.45, 2.75) is 27.3 Å². The number of nitrogens with one attached hydrogen (secondary N) is 1. The third-order valence-corrected chi connectivity index (χ3v) is 5.42. The lowest BCUT2D eigenvalue weighted by atomic mass is 10.1. The lowest BCUT2D eigenvalue weighted by molar-refractivity contribution is 0.0383. The molecule has 2 heterocycles. The molecule has 0 saturated carbocycles. The summed E-state index contributed by atoms with van der Waals surface area (Å²) in [6, 6.07) is 6.44. The molecule has 5 nitrogen and oxygen atoms in total. The molecule has 27 heavy (non-hydrogen) atoms. The first kappa shape index (κ1) is 19.6. The van der Waals surface area contributed by atoms with Crippen LogP contribution in [0.1, 0.15) is 32.9 Å². The van der Waals surface area contributed by atoms with E-state index in [1.165, 1.54) is 12.1 Å². The summed E-state index contributed by atoms with van der Waals surface area (Å²) in [6.07, 6.45) is 0. The zero-order chi connectivity index (χ0) is 19.4. The van der Waals surface area contributed by atoms with Gasteiger partial charge in [0, 0.05) is 38.4 Å². The Labute approximate surface area is 160 Å². The zero-order valence-corrected chi connectivity index (χ0v) is 16.3. The Hall–Kier alpha value is -2.18. The van der Waals surface area contributed by atoms with Crippen LogP contribution in [-0.2, 0) is 11.3 Å². The summed E-state index contributed by atoms with van der Waals surface area (Å²) in [5, 5.41) is 3.06. The standard InChI is InChI=1S/C21H28FN3O2/c1-15-16(2)20(21(26)23-8-9-24-10-12-27-13-11-24)25(17(15)3)14-18-4-6-19(22)7-5-18/h4-7H,8-14H2,1-3H3,(H,23,26). The van der Waals surface area contributed by atoms with Gasteiger partial charge >= 0.3 is 0 Å². The summed E-state index contributed by atoms with van der Waals surface area (Å²) < 4.78 is 20.6. The van der Waals surface area contributed by atoms with Crippen LogP contribution in [0.3, 0.4) is 0 Å². The molecule has 0 bridgehead atoms. The molecule has 1 amide bonds. The number of carbonyl (C=O) groups excluding carboxylic acids is 1. The maximum atomic E-state index is 13.2. The van der Waals surface area contributed by atoms with Crippen LogP contribution in [0.4, 0.5) is 4.39 Å². The summed E-state index contributed by atoms with van der Waals surface area (Å²) in [6.45, 7) is 11.4. The first-order valence-electron chi connectivity index (χ1n) is 9.46. The minimum Gasteiger partial charge on any atom is -0.379 e. The number of nitrogens with zero attached hydrogens (tertiary/aromatic N) is 2. The average molecular weight is 373 g/mol. The van der Waals surface area contributed by atoms with Crippen LogP contribution < -0.4 is 5.32 Å². The first-order valence-corrected chi connectivity index (χ1v) is 9.46. The maximum absolute atomic E-state index is 13.2. The van der Waals surface area contributed by atoms with E-state index in [-0.39, 0.29) is 11.7 Å². The molecule has 1 aromatic heterocycles. The lowest BCUT2D eigenvalue weighted by Crippen LogP contribution is -2.41. The third-order valence-electron chi connectivity index (χ3n) is 5.42. The maximum Gasteiger partial charge on any atom is 0.268 e. The SMILES string of the molecule is Cc1c(C)c(C(=O)NCCN2CCOCC2)n(Cc2ccc(F)cc2)c1C. The Morgan fingerprint density at radius 2 is 1.78 bits per heavy atom. The van der Waals surface area contributed by atoms with E-state index in [4.69, 9.17) is 4.74 Å². The van der Waals surface area contributed by atoms with Crippen LogP contribution in [0, 0.1) is 26.6 Å². The van der Waals surface area contributed by atoms with Gasteiger partial charge in [0.25, 0.3) is 5.91 Å². The van der Waals surface area contributed by atoms with E-state index in [9.17, 15) is 9.18 Å². The highest BCUT2D eigenvalue weighted by Crippen LogP contribution is 2.22. The predicted octanol–water partition coefficient (Wildman–Crippen LogP) is 2.66. The van der Waals surface area contributed by atoms with Crippen LogP contribution in [0.2, 0.25) is 0 Å². The van der Waals surface area contributed by atoms with Crippen molar-refractivity contribution in [3.05, 3.63) is 58.2 Å². The van der Waals surface area contributed by atoms with E-state index in [1.54, 1.807) is 12.1 Å². The molecule has 1 aliphatic rings. The first-order chi connectivity index (χ1) is 13.0. The van der Waals surface area contributed by atoms with E-state index in [0.717, 1.165) is 55.2 Å². The van der Waals surface area contributed by atoms with Crippen molar-refractivity contribution in [1.82, 2.24) is 14.8 Å². The highest BCUT2D eigenvalue weighted by molar-refractivity contribution is 5.95. The Kier molecular flexibility index (Phi) is 6.29. The topological polar surface area (TPSA) is 46.5 Å². The van der Waals surface area contributed by atoms with Gasteiger partial charge in [-0.05, 0) is 49.6 Å². The van der Waals surface area contributed by atoms with Crippen molar-refractivity contribution in [2.24, 2.45) is 0 Å². The molecule has 0 radical (unpaired) electrons. The third kappa shape index (κ3) is 4.57. The van der Waals surface area contributed by atoms with Crippen LogP contribution in [0.25, 0.3) is 0 Å². The lowest BCUT2D eigenvalue weighted by Gasteiger charge is -2.26. The molecule has 0 unspecified atom stereocenters. The molecule has 6 heteroatoms. The van der Waals surface area contributed by atoms with Gasteiger partial charge in [0.05, 0.1) is 13.2 Å². The smallest absolute Gasteiger partial charge is 0.268 e. The highest BCUT2D eigenvalue weighted by Gasteiger charge is 2.21. The molecule has 3 rings (SSSR count). The molecule has 0 aliphatic carbocycles. The number of ether oxygens (including phenoxy) is 1. The molecular formula is C21H28FN3O2. The average Bonchev–Trinajstić information content (AvgIpc) is 2.88. The van der Waals surface area contributed by atoms with Gasteiger partial charge in [-0.15, -0.1) is 0 Å². The molecular weight excluding hydrogens is 345 g/mol. The van der Waals surface area contributed by atoms with Crippen molar-refractivity contribution < 1.29 is 13.9 Å². The predicted molar refractivity (Wildman–Crippen MR) is 104 cm³/mol. The Bertz CT molecular complexity index is 793. The molecule has 1 N–H and O–H groups in total. The van der Waals surface area contributed by atoms with Crippen molar-refractivity contribution >= 4 is 5.91 Å². The van der Waals surface area contributed by atoms with Gasteiger partial charge in [0.2, 0.25) is 0 Å². The fraction of sp³-hybridized carbons (Fsp3) is 0.476. The monoisotopic (exact) mass is 373 g/mol. The van der Waals surface area contributed by atoms with Gasteiger partial charge < -0.3 is 14.6 Å². The summed E-state index contributed by atoms with van der Waals surface area (Å²) in [7, 11) is 0. The van der Waals surface area contributed by atoms with E-state index >= 15 is 0 Å². The van der Waals surface area contributed by atoms with Gasteiger partial charge in [-0.2, -0.15) is 0 Å². The number of aromatic nitrogens is 1. The van der Waals surface area contributed by atoms with Crippen molar-refractivity contribution in [2.75, 3.05) is 39.4 Å². The molecule has 2 aromatic rings. The Morgan fingerprint density at radius 1 is 1.11 bits per heavy atom. The second-order valence-corrected chi connectivity index (χ2v) is 7.11. The Balaban J connectivity index is 1.72. The summed E-state index contributed by atoms with van der Waals surface area (Å²) in [4.78, 5) is 15.2. The summed E-state index contributed by atoms with van der Waals surface area (Å²) in [5.41, 5.74) is 4.84. The fourth-order valence-electron chi connectivity index (χ4n) is 3.52. The molecule has 1 fully saturated rings. The van der Waals surface area contributed by atoms with Gasteiger partial charge in [-0.3, -0.25) is 9.69 Å². The molecule has 0 spiro atoms. The second kappa shape index (κ2) is 8.67. The van der Waals surface area contributed by atoms with E-state index in [2.05, 4.69) is 10.2 Å². The number of rotatable bonds is 6. The van der Waals surface area contributed by atoms with Gasteiger partial charge in [-0.1, -0.05) is 12.1 Å². The van der Waals surface area contributed by atoms with Gasteiger partial charge in [-0.25, -0.2) is 4.39 Å². The summed E-state index contributed by atoms with van der Waals surface area (Å²) >= 11 is 0. The minimum atomic E-state index is -0.253. The molecule has 1 aliphatic heterocycles. The minimum absolute atomic E-state index is 0.0564. The molecule has 0 atom stereocenters. The fourth-order valence-corrected chi connectivity index (χ4v) is 3.52. The van der Waals surface area contributed by atoms with E-state index in [1.807, 2.05) is 25.3 Å². The number of amides is 1. The van der Waals surface area contributed by atoms with Crippen molar-refractivity contribution in [3.63, 3.8) is 0 Å². The van der Waals surface area contributed by atoms with Crippen LogP contribution >= 0.6 is 0 Å². The molecule has 146 valence electrons. The zero-order valence-electron chi connectivity index (χ0n) is 16.3. The van der Waals surface area contributed by atoms with Crippen LogP contribution in [-0.4, -0.2) is 54.8 Å². The van der Waals surface area contributed by atoms with Gasteiger partial charge in [0.1, 0.15) is 11.5 Å². The largest absolute Gasteiger partial charge is 0.379 e. The normalized spacial score (nSPS) is 15.1. The number of halogens is 1. The number of hydrogen-bond donors (Lipinski definition) is 1. The van der Waals surface area contributed by atoms with Crippen molar-refractivity contribution in [3.8, 4) is 0 Å².